The molecule has 0 radical (unpaired) electrons. The third-order valence-electron chi connectivity index (χ3n) is 2.86. The molecule has 1 amide bonds. The number of aromatic amines is 1. The molecule has 1 aromatic carbocycles. The molecule has 0 aliphatic rings. The van der Waals surface area contributed by atoms with Gasteiger partial charge >= 0.3 is 11.8 Å². The van der Waals surface area contributed by atoms with Gasteiger partial charge < -0.3 is 11.1 Å². The highest BCUT2D eigenvalue weighted by Gasteiger charge is 2.64. The summed E-state index contributed by atoms with van der Waals surface area (Å²) in [5, 5.41) is 6.68. The molecule has 2 rings (SSSR count). The second-order valence-electron chi connectivity index (χ2n) is 4.36. The zero-order valence-electron chi connectivity index (χ0n) is 11.2. The number of H-pyrrole nitrogens is 1. The molecular formula is C12H11F4N5O. The van der Waals surface area contributed by atoms with Gasteiger partial charge in [-0.15, -0.1) is 0 Å². The van der Waals surface area contributed by atoms with Crippen LogP contribution in [0.3, 0.4) is 0 Å². The molecule has 6 nitrogen and oxygen atoms in total. The van der Waals surface area contributed by atoms with Crippen LogP contribution in [0, 0.1) is 0 Å². The molecule has 0 aliphatic heterocycles. The highest BCUT2D eigenvalue weighted by atomic mass is 19.3. The van der Waals surface area contributed by atoms with Gasteiger partial charge in [0.1, 0.15) is 0 Å². The number of amides is 1. The molecule has 0 unspecified atom stereocenters. The summed E-state index contributed by atoms with van der Waals surface area (Å²) in [5.41, 5.74) is 6.20. The van der Waals surface area contributed by atoms with Crippen molar-refractivity contribution in [3.8, 4) is 11.4 Å². The standard InChI is InChI=1S/C12H11F4N5O/c1-18-10(22)12(15,16)11(13,14)9-19-8(20-21-9)6-2-4-7(17)5-3-6/h2-5H,17H2,1H3,(H,18,22)(H,19,20,21). The van der Waals surface area contributed by atoms with E-state index in [2.05, 4.69) is 10.1 Å². The third-order valence-corrected chi connectivity index (χ3v) is 2.86. The highest BCUT2D eigenvalue weighted by Crippen LogP contribution is 2.41. The average molecular weight is 317 g/mol. The molecular weight excluding hydrogens is 306 g/mol. The van der Waals surface area contributed by atoms with E-state index in [-0.39, 0.29) is 5.82 Å². The number of hydrogen-bond acceptors (Lipinski definition) is 4. The smallest absolute Gasteiger partial charge is 0.393 e. The minimum absolute atomic E-state index is 0.220. The lowest BCUT2D eigenvalue weighted by molar-refractivity contribution is -0.218. The number of nitrogen functional groups attached to an aromatic ring is 1. The third kappa shape index (κ3) is 2.47. The Morgan fingerprint density at radius 1 is 1.23 bits per heavy atom. The SMILES string of the molecule is CNC(=O)C(F)(F)C(F)(F)c1nc(-c2ccc(N)cc2)n[nH]1. The molecule has 0 saturated carbocycles. The quantitative estimate of drug-likeness (QED) is 0.588. The van der Waals surface area contributed by atoms with Gasteiger partial charge in [0.2, 0.25) is 5.82 Å². The van der Waals surface area contributed by atoms with Crippen molar-refractivity contribution in [1.82, 2.24) is 20.5 Å². The number of nitrogens with two attached hydrogens (primary N) is 1. The van der Waals surface area contributed by atoms with Crippen LogP contribution in [0.2, 0.25) is 0 Å². The van der Waals surface area contributed by atoms with Gasteiger partial charge in [0.05, 0.1) is 0 Å². The van der Waals surface area contributed by atoms with Crippen molar-refractivity contribution in [3.05, 3.63) is 30.1 Å². The molecule has 0 aliphatic carbocycles. The normalized spacial score (nSPS) is 12.2. The van der Waals surface area contributed by atoms with Crippen molar-refractivity contribution in [3.63, 3.8) is 0 Å². The molecule has 2 aromatic rings. The highest BCUT2D eigenvalue weighted by molar-refractivity contribution is 5.84. The lowest BCUT2D eigenvalue weighted by Gasteiger charge is -2.22. The van der Waals surface area contributed by atoms with Gasteiger partial charge in [-0.05, 0) is 24.3 Å². The van der Waals surface area contributed by atoms with Gasteiger partial charge in [-0.25, -0.2) is 4.98 Å². The van der Waals surface area contributed by atoms with E-state index in [1.807, 2.05) is 0 Å². The summed E-state index contributed by atoms with van der Waals surface area (Å²) in [4.78, 5) is 14.3. The second kappa shape index (κ2) is 5.28. The fourth-order valence-electron chi connectivity index (χ4n) is 1.61. The van der Waals surface area contributed by atoms with Crippen LogP contribution in [0.5, 0.6) is 0 Å². The maximum Gasteiger partial charge on any atom is 0.393 e. The van der Waals surface area contributed by atoms with Crippen molar-refractivity contribution in [2.45, 2.75) is 11.8 Å². The van der Waals surface area contributed by atoms with Crippen molar-refractivity contribution in [1.29, 1.82) is 0 Å². The Kier molecular flexibility index (Phi) is 3.77. The first-order chi connectivity index (χ1) is 10.2. The van der Waals surface area contributed by atoms with E-state index < -0.39 is 23.6 Å². The van der Waals surface area contributed by atoms with Crippen molar-refractivity contribution < 1.29 is 22.4 Å². The molecule has 1 aromatic heterocycles. The summed E-state index contributed by atoms with van der Waals surface area (Å²) in [6, 6.07) is 5.83. The minimum atomic E-state index is -4.97. The molecule has 22 heavy (non-hydrogen) atoms. The predicted octanol–water partition coefficient (Wildman–Crippen LogP) is 1.53. The Balaban J connectivity index is 2.38. The second-order valence-corrected chi connectivity index (χ2v) is 4.36. The molecule has 0 fully saturated rings. The number of alkyl halides is 4. The molecule has 1 heterocycles. The van der Waals surface area contributed by atoms with E-state index in [9.17, 15) is 22.4 Å². The largest absolute Gasteiger partial charge is 0.399 e. The number of anilines is 1. The van der Waals surface area contributed by atoms with Crippen molar-refractivity contribution >= 4 is 11.6 Å². The van der Waals surface area contributed by atoms with E-state index >= 15 is 0 Å². The van der Waals surface area contributed by atoms with Crippen LogP contribution >= 0.6 is 0 Å². The number of benzene rings is 1. The number of rotatable bonds is 4. The predicted molar refractivity (Wildman–Crippen MR) is 69.1 cm³/mol. The maximum absolute atomic E-state index is 13.8. The number of nitrogens with zero attached hydrogens (tertiary/aromatic N) is 2. The fourth-order valence-corrected chi connectivity index (χ4v) is 1.61. The first-order valence-corrected chi connectivity index (χ1v) is 5.96. The first kappa shape index (κ1) is 15.7. The van der Waals surface area contributed by atoms with Crippen molar-refractivity contribution in [2.24, 2.45) is 0 Å². The van der Waals surface area contributed by atoms with Crippen LogP contribution in [0.25, 0.3) is 11.4 Å². The fraction of sp³-hybridized carbons (Fsp3) is 0.250. The molecule has 0 bridgehead atoms. The Labute approximate surface area is 121 Å². The number of carbonyl (C=O) groups excluding carboxylic acids is 1. The summed E-state index contributed by atoms with van der Waals surface area (Å²) in [7, 11) is 0.826. The molecule has 4 N–H and O–H groups in total. The van der Waals surface area contributed by atoms with E-state index in [0.29, 0.717) is 11.3 Å². The Morgan fingerprint density at radius 3 is 2.36 bits per heavy atom. The monoisotopic (exact) mass is 317 g/mol. The van der Waals surface area contributed by atoms with Crippen LogP contribution in [0.4, 0.5) is 23.2 Å². The van der Waals surface area contributed by atoms with Gasteiger partial charge in [-0.1, -0.05) is 0 Å². The van der Waals surface area contributed by atoms with Crippen LogP contribution in [-0.2, 0) is 10.7 Å². The summed E-state index contributed by atoms with van der Waals surface area (Å²) < 4.78 is 54.6. The van der Waals surface area contributed by atoms with Crippen molar-refractivity contribution in [2.75, 3.05) is 12.8 Å². The Bertz CT molecular complexity index is 683. The summed E-state index contributed by atoms with van der Waals surface area (Å²) in [6.07, 6.45) is 0. The van der Waals surface area contributed by atoms with Crippen LogP contribution in [-0.4, -0.2) is 34.1 Å². The molecule has 118 valence electrons. The van der Waals surface area contributed by atoms with E-state index in [4.69, 9.17) is 5.73 Å². The van der Waals surface area contributed by atoms with E-state index in [1.165, 1.54) is 29.6 Å². The lowest BCUT2D eigenvalue weighted by Crippen LogP contribution is -2.50. The molecule has 0 spiro atoms. The number of carbonyl (C=O) groups is 1. The topological polar surface area (TPSA) is 96.7 Å². The maximum atomic E-state index is 13.8. The van der Waals surface area contributed by atoms with Gasteiger partial charge in [0.15, 0.2) is 5.82 Å². The van der Waals surface area contributed by atoms with E-state index in [0.717, 1.165) is 7.05 Å². The molecule has 0 atom stereocenters. The lowest BCUT2D eigenvalue weighted by atomic mass is 10.1. The first-order valence-electron chi connectivity index (χ1n) is 5.96. The number of aromatic nitrogens is 3. The van der Waals surface area contributed by atoms with Crippen LogP contribution in [0.1, 0.15) is 5.82 Å². The molecule has 0 saturated heterocycles. The summed E-state index contributed by atoms with van der Waals surface area (Å²) in [6.45, 7) is 0. The molecule has 10 heteroatoms. The van der Waals surface area contributed by atoms with Crippen LogP contribution < -0.4 is 11.1 Å². The zero-order valence-corrected chi connectivity index (χ0v) is 11.2. The number of hydrogen-bond donors (Lipinski definition) is 3. The minimum Gasteiger partial charge on any atom is -0.399 e. The van der Waals surface area contributed by atoms with Gasteiger partial charge in [0.25, 0.3) is 5.91 Å². The van der Waals surface area contributed by atoms with Gasteiger partial charge in [-0.3, -0.25) is 9.89 Å². The number of halogens is 4. The summed E-state index contributed by atoms with van der Waals surface area (Å²) >= 11 is 0. The zero-order chi connectivity index (χ0) is 16.5. The number of nitrogens with one attached hydrogen (secondary N) is 2. The van der Waals surface area contributed by atoms with E-state index in [1.54, 1.807) is 5.10 Å². The van der Waals surface area contributed by atoms with Gasteiger partial charge in [0, 0.05) is 18.3 Å². The van der Waals surface area contributed by atoms with Crippen LogP contribution in [0.15, 0.2) is 24.3 Å². The summed E-state index contributed by atoms with van der Waals surface area (Å²) in [5.74, 6) is -13.6. The Morgan fingerprint density at radius 2 is 1.82 bits per heavy atom. The van der Waals surface area contributed by atoms with Gasteiger partial charge in [-0.2, -0.15) is 22.7 Å². The Hall–Kier alpha value is -2.65. The average Bonchev–Trinajstić information content (AvgIpc) is 2.97.